The van der Waals surface area contributed by atoms with Crippen molar-refractivity contribution >= 4 is 17.5 Å². The summed E-state index contributed by atoms with van der Waals surface area (Å²) >= 11 is 0. The second-order valence-electron chi connectivity index (χ2n) is 4.44. The molecular weight excluding hydrogens is 218 g/mol. The number of amides is 1. The molecule has 1 atom stereocenters. The lowest BCUT2D eigenvalue weighted by Crippen LogP contribution is -2.33. The molecule has 0 aliphatic carbocycles. The van der Waals surface area contributed by atoms with Gasteiger partial charge in [0.25, 0.3) is 0 Å². The van der Waals surface area contributed by atoms with Gasteiger partial charge in [-0.15, -0.1) is 5.10 Å². The largest absolute Gasteiger partial charge is 0.345 e. The molecule has 2 aromatic rings. The van der Waals surface area contributed by atoms with Crippen molar-refractivity contribution in [3.8, 4) is 0 Å². The summed E-state index contributed by atoms with van der Waals surface area (Å²) in [4.78, 5) is 12.6. The van der Waals surface area contributed by atoms with Gasteiger partial charge in [0.1, 0.15) is 5.52 Å². The van der Waals surface area contributed by atoms with Crippen molar-refractivity contribution in [1.82, 2.24) is 15.3 Å². The van der Waals surface area contributed by atoms with Gasteiger partial charge in [-0.05, 0) is 30.5 Å². The van der Waals surface area contributed by atoms with Gasteiger partial charge in [-0.2, -0.15) is 0 Å². The number of hydrogen-bond donors (Lipinski definition) is 0. The number of piperidine rings is 1. The van der Waals surface area contributed by atoms with Crippen LogP contribution in [0, 0.1) is 0 Å². The minimum absolute atomic E-state index is 0.392. The van der Waals surface area contributed by atoms with E-state index in [2.05, 4.69) is 10.4 Å². The second-order valence-corrected chi connectivity index (χ2v) is 4.44. The molecule has 1 aliphatic rings. The second kappa shape index (κ2) is 4.16. The molecule has 0 N–H and O–H groups in total. The molecule has 1 saturated heterocycles. The molecule has 3 rings (SSSR count). The molecule has 1 fully saturated rings. The zero-order valence-electron chi connectivity index (χ0n) is 9.37. The Balaban J connectivity index is 1.89. The third kappa shape index (κ3) is 1.88. The van der Waals surface area contributed by atoms with Crippen LogP contribution in [-0.2, 0) is 4.79 Å². The maximum atomic E-state index is 10.8. The van der Waals surface area contributed by atoms with Crippen molar-refractivity contribution in [1.29, 1.82) is 0 Å². The van der Waals surface area contributed by atoms with E-state index in [1.165, 1.54) is 5.56 Å². The maximum Gasteiger partial charge on any atom is 0.209 e. The molecule has 2 heterocycles. The summed E-state index contributed by atoms with van der Waals surface area (Å²) in [6, 6.07) is 5.95. The first-order valence-electron chi connectivity index (χ1n) is 5.78. The lowest BCUT2D eigenvalue weighted by Gasteiger charge is -2.30. The van der Waals surface area contributed by atoms with E-state index in [0.717, 1.165) is 37.9 Å². The molecule has 5 heteroatoms. The zero-order chi connectivity index (χ0) is 11.7. The molecule has 0 spiro atoms. The van der Waals surface area contributed by atoms with Gasteiger partial charge in [-0.25, -0.2) is 0 Å². The summed E-state index contributed by atoms with van der Waals surface area (Å²) in [5, 5.41) is 7.38. The Hall–Kier alpha value is -1.91. The van der Waals surface area contributed by atoms with Crippen molar-refractivity contribution in [2.75, 3.05) is 13.1 Å². The summed E-state index contributed by atoms with van der Waals surface area (Å²) in [7, 11) is 0. The molecule has 0 radical (unpaired) electrons. The number of likely N-dealkylation sites (tertiary alicyclic amines) is 1. The third-order valence-corrected chi connectivity index (χ3v) is 3.34. The van der Waals surface area contributed by atoms with Crippen LogP contribution in [0.2, 0.25) is 0 Å². The lowest BCUT2D eigenvalue weighted by molar-refractivity contribution is -0.119. The molecule has 5 nitrogen and oxygen atoms in total. The molecule has 1 amide bonds. The van der Waals surface area contributed by atoms with Crippen LogP contribution in [0.4, 0.5) is 0 Å². The Bertz CT molecular complexity index is 537. The average Bonchev–Trinajstić information content (AvgIpc) is 2.86. The fraction of sp³-hybridized carbons (Fsp3) is 0.417. The number of fused-ring (bicyclic) bond motifs is 1. The fourth-order valence-corrected chi connectivity index (χ4v) is 2.42. The molecule has 0 bridgehead atoms. The highest BCUT2D eigenvalue weighted by Gasteiger charge is 2.20. The number of rotatable bonds is 2. The summed E-state index contributed by atoms with van der Waals surface area (Å²) in [5.74, 6) is 0.392. The first-order chi connectivity index (χ1) is 8.36. The molecular formula is C12H13N3O2. The normalized spacial score (nSPS) is 20.7. The van der Waals surface area contributed by atoms with E-state index in [1.54, 1.807) is 0 Å². The van der Waals surface area contributed by atoms with Crippen LogP contribution in [0.15, 0.2) is 22.7 Å². The van der Waals surface area contributed by atoms with E-state index in [9.17, 15) is 4.79 Å². The van der Waals surface area contributed by atoms with E-state index in [4.69, 9.17) is 4.52 Å². The predicted molar refractivity (Wildman–Crippen MR) is 61.4 cm³/mol. The van der Waals surface area contributed by atoms with Crippen molar-refractivity contribution in [2.24, 2.45) is 0 Å². The van der Waals surface area contributed by atoms with Gasteiger partial charge >= 0.3 is 0 Å². The Morgan fingerprint density at radius 3 is 3.29 bits per heavy atom. The smallest absolute Gasteiger partial charge is 0.209 e. The summed E-state index contributed by atoms with van der Waals surface area (Å²) in [5.41, 5.74) is 2.69. The lowest BCUT2D eigenvalue weighted by atomic mass is 9.91. The average molecular weight is 231 g/mol. The Morgan fingerprint density at radius 1 is 1.47 bits per heavy atom. The predicted octanol–water partition coefficient (Wildman–Crippen LogP) is 1.56. The van der Waals surface area contributed by atoms with Crippen LogP contribution in [0.1, 0.15) is 24.3 Å². The summed E-state index contributed by atoms with van der Waals surface area (Å²) < 4.78 is 5.06. The standard InChI is InChI=1S/C12H13N3O2/c16-8-15-5-1-2-10(7-15)9-3-4-11-12(6-9)17-14-13-11/h3-4,6,8,10H,1-2,5,7H2. The molecule has 1 aliphatic heterocycles. The molecule has 17 heavy (non-hydrogen) atoms. The summed E-state index contributed by atoms with van der Waals surface area (Å²) in [6.07, 6.45) is 3.09. The monoisotopic (exact) mass is 231 g/mol. The van der Waals surface area contributed by atoms with Crippen LogP contribution in [0.5, 0.6) is 0 Å². The number of carbonyl (C=O) groups is 1. The van der Waals surface area contributed by atoms with Gasteiger partial charge in [0, 0.05) is 24.3 Å². The van der Waals surface area contributed by atoms with Crippen molar-refractivity contribution in [3.63, 3.8) is 0 Å². The van der Waals surface area contributed by atoms with Gasteiger partial charge in [0.15, 0.2) is 5.58 Å². The molecule has 0 saturated carbocycles. The Kier molecular flexibility index (Phi) is 2.51. The maximum absolute atomic E-state index is 10.8. The molecule has 1 unspecified atom stereocenters. The topological polar surface area (TPSA) is 59.2 Å². The van der Waals surface area contributed by atoms with E-state index < -0.39 is 0 Å². The first-order valence-corrected chi connectivity index (χ1v) is 5.78. The number of nitrogens with zero attached hydrogens (tertiary/aromatic N) is 3. The number of hydrogen-bond acceptors (Lipinski definition) is 4. The highest BCUT2D eigenvalue weighted by molar-refractivity contribution is 5.72. The minimum atomic E-state index is 0.392. The minimum Gasteiger partial charge on any atom is -0.345 e. The number of benzene rings is 1. The first kappa shape index (κ1) is 10.3. The van der Waals surface area contributed by atoms with Crippen molar-refractivity contribution < 1.29 is 9.32 Å². The number of aromatic nitrogens is 2. The van der Waals surface area contributed by atoms with Gasteiger partial charge in [-0.3, -0.25) is 4.79 Å². The van der Waals surface area contributed by atoms with E-state index in [1.807, 2.05) is 23.1 Å². The highest BCUT2D eigenvalue weighted by atomic mass is 16.5. The number of carbonyl (C=O) groups excluding carboxylic acids is 1. The fourth-order valence-electron chi connectivity index (χ4n) is 2.42. The van der Waals surface area contributed by atoms with Crippen LogP contribution < -0.4 is 0 Å². The third-order valence-electron chi connectivity index (χ3n) is 3.34. The van der Waals surface area contributed by atoms with E-state index in [-0.39, 0.29) is 0 Å². The van der Waals surface area contributed by atoms with Crippen molar-refractivity contribution in [3.05, 3.63) is 23.8 Å². The van der Waals surface area contributed by atoms with Crippen LogP contribution in [-0.4, -0.2) is 34.8 Å². The SMILES string of the molecule is O=CN1CCCC(c2ccc3nnoc3c2)C1. The molecule has 1 aromatic carbocycles. The van der Waals surface area contributed by atoms with Crippen LogP contribution >= 0.6 is 0 Å². The zero-order valence-corrected chi connectivity index (χ0v) is 9.37. The van der Waals surface area contributed by atoms with E-state index in [0.29, 0.717) is 11.5 Å². The molecule has 1 aromatic heterocycles. The van der Waals surface area contributed by atoms with Crippen LogP contribution in [0.3, 0.4) is 0 Å². The van der Waals surface area contributed by atoms with Gasteiger partial charge < -0.3 is 9.42 Å². The van der Waals surface area contributed by atoms with Gasteiger partial charge in [-0.1, -0.05) is 6.07 Å². The Morgan fingerprint density at radius 2 is 2.41 bits per heavy atom. The van der Waals surface area contributed by atoms with Gasteiger partial charge in [0.05, 0.1) is 0 Å². The van der Waals surface area contributed by atoms with Crippen molar-refractivity contribution in [2.45, 2.75) is 18.8 Å². The Labute approximate surface area is 98.4 Å². The van der Waals surface area contributed by atoms with Gasteiger partial charge in [0.2, 0.25) is 6.41 Å². The summed E-state index contributed by atoms with van der Waals surface area (Å²) in [6.45, 7) is 1.66. The quantitative estimate of drug-likeness (QED) is 0.736. The van der Waals surface area contributed by atoms with E-state index >= 15 is 0 Å². The molecule has 88 valence electrons. The highest BCUT2D eigenvalue weighted by Crippen LogP contribution is 2.28. The van der Waals surface area contributed by atoms with Crippen LogP contribution in [0.25, 0.3) is 11.1 Å².